The highest BCUT2D eigenvalue weighted by molar-refractivity contribution is 6.18. The van der Waals surface area contributed by atoms with Crippen LogP contribution in [0.1, 0.15) is 36.0 Å². The molecule has 5 heteroatoms. The van der Waals surface area contributed by atoms with Crippen molar-refractivity contribution in [3.8, 4) is 11.5 Å². The molecule has 4 nitrogen and oxygen atoms in total. The number of halogens is 1. The number of methoxy groups -OCH3 is 2. The second kappa shape index (κ2) is 7.55. The third-order valence-corrected chi connectivity index (χ3v) is 4.16. The summed E-state index contributed by atoms with van der Waals surface area (Å²) in [5.74, 6) is 1.65. The smallest absolute Gasteiger partial charge is 0.257 e. The van der Waals surface area contributed by atoms with E-state index in [9.17, 15) is 4.79 Å². The molecule has 0 aromatic heterocycles. The summed E-state index contributed by atoms with van der Waals surface area (Å²) in [7, 11) is 3.15. The molecule has 0 aliphatic heterocycles. The van der Waals surface area contributed by atoms with Crippen LogP contribution in [-0.4, -0.2) is 43.5 Å². The maximum atomic E-state index is 12.8. The summed E-state index contributed by atoms with van der Waals surface area (Å²) >= 11 is 5.88. The van der Waals surface area contributed by atoms with Crippen molar-refractivity contribution in [2.45, 2.75) is 31.7 Å². The summed E-state index contributed by atoms with van der Waals surface area (Å²) in [6, 6.07) is 5.57. The van der Waals surface area contributed by atoms with E-state index >= 15 is 0 Å². The number of hydrogen-bond donors (Lipinski definition) is 0. The predicted octanol–water partition coefficient (Wildman–Crippen LogP) is 3.33. The number of rotatable bonds is 6. The van der Waals surface area contributed by atoms with Gasteiger partial charge in [-0.25, -0.2) is 0 Å². The number of carbonyl (C=O) groups excluding carboxylic acids is 1. The molecule has 0 heterocycles. The molecule has 0 unspecified atom stereocenters. The molecule has 0 atom stereocenters. The van der Waals surface area contributed by atoms with Crippen molar-refractivity contribution in [1.82, 2.24) is 4.90 Å². The fourth-order valence-electron chi connectivity index (χ4n) is 2.89. The molecule has 1 aromatic carbocycles. The van der Waals surface area contributed by atoms with Crippen LogP contribution in [0, 0.1) is 0 Å². The molecule has 21 heavy (non-hydrogen) atoms. The van der Waals surface area contributed by atoms with E-state index in [0.717, 1.165) is 12.8 Å². The number of amides is 1. The minimum absolute atomic E-state index is 0.0120. The third-order valence-electron chi connectivity index (χ3n) is 3.99. The molecule has 1 fully saturated rings. The first-order valence-corrected chi connectivity index (χ1v) is 7.83. The van der Waals surface area contributed by atoms with Crippen LogP contribution in [0.25, 0.3) is 0 Å². The van der Waals surface area contributed by atoms with Crippen molar-refractivity contribution >= 4 is 17.5 Å². The highest BCUT2D eigenvalue weighted by Crippen LogP contribution is 2.29. The van der Waals surface area contributed by atoms with Crippen LogP contribution in [0.2, 0.25) is 0 Å². The van der Waals surface area contributed by atoms with Gasteiger partial charge < -0.3 is 14.4 Å². The Bertz CT molecular complexity index is 486. The number of benzene rings is 1. The van der Waals surface area contributed by atoms with Crippen LogP contribution in [0.4, 0.5) is 0 Å². The van der Waals surface area contributed by atoms with Crippen molar-refractivity contribution in [3.05, 3.63) is 23.8 Å². The predicted molar refractivity (Wildman–Crippen MR) is 83.6 cm³/mol. The summed E-state index contributed by atoms with van der Waals surface area (Å²) in [6.45, 7) is 0.570. The minimum Gasteiger partial charge on any atom is -0.497 e. The Kier molecular flexibility index (Phi) is 5.74. The fraction of sp³-hybridized carbons (Fsp3) is 0.562. The van der Waals surface area contributed by atoms with Crippen molar-refractivity contribution < 1.29 is 14.3 Å². The maximum Gasteiger partial charge on any atom is 0.257 e. The van der Waals surface area contributed by atoms with E-state index in [1.54, 1.807) is 32.4 Å². The Hall–Kier alpha value is -1.42. The van der Waals surface area contributed by atoms with Gasteiger partial charge in [0, 0.05) is 24.5 Å². The quantitative estimate of drug-likeness (QED) is 0.756. The number of carbonyl (C=O) groups is 1. The van der Waals surface area contributed by atoms with Gasteiger partial charge in [0.1, 0.15) is 11.5 Å². The molecule has 0 spiro atoms. The van der Waals surface area contributed by atoms with Crippen LogP contribution in [0.3, 0.4) is 0 Å². The molecule has 0 radical (unpaired) electrons. The highest BCUT2D eigenvalue weighted by atomic mass is 35.5. The van der Waals surface area contributed by atoms with Gasteiger partial charge in [0.15, 0.2) is 0 Å². The molecule has 0 saturated heterocycles. The van der Waals surface area contributed by atoms with E-state index in [1.165, 1.54) is 12.8 Å². The van der Waals surface area contributed by atoms with Crippen LogP contribution in [-0.2, 0) is 0 Å². The molecule has 1 saturated carbocycles. The molecule has 0 bridgehead atoms. The molecule has 2 rings (SSSR count). The van der Waals surface area contributed by atoms with E-state index in [2.05, 4.69) is 0 Å². The lowest BCUT2D eigenvalue weighted by molar-refractivity contribution is 0.0691. The van der Waals surface area contributed by atoms with E-state index in [0.29, 0.717) is 35.5 Å². The fourth-order valence-corrected chi connectivity index (χ4v) is 3.07. The zero-order valence-corrected chi connectivity index (χ0v) is 13.4. The zero-order valence-electron chi connectivity index (χ0n) is 12.6. The normalized spacial score (nSPS) is 15.0. The van der Waals surface area contributed by atoms with Crippen molar-refractivity contribution in [2.24, 2.45) is 0 Å². The summed E-state index contributed by atoms with van der Waals surface area (Å²) in [5, 5.41) is 0. The first-order valence-electron chi connectivity index (χ1n) is 7.30. The summed E-state index contributed by atoms with van der Waals surface area (Å²) < 4.78 is 10.5. The maximum absolute atomic E-state index is 12.8. The first-order chi connectivity index (χ1) is 10.2. The minimum atomic E-state index is -0.0120. The van der Waals surface area contributed by atoms with Gasteiger partial charge in [-0.1, -0.05) is 12.8 Å². The Morgan fingerprint density at radius 2 is 2.00 bits per heavy atom. The van der Waals surface area contributed by atoms with Crippen molar-refractivity contribution in [2.75, 3.05) is 26.6 Å². The Morgan fingerprint density at radius 1 is 1.29 bits per heavy atom. The first kappa shape index (κ1) is 16.0. The monoisotopic (exact) mass is 311 g/mol. The number of alkyl halides is 1. The molecular weight excluding hydrogens is 290 g/mol. The van der Waals surface area contributed by atoms with Gasteiger partial charge in [0.05, 0.1) is 19.8 Å². The van der Waals surface area contributed by atoms with E-state index in [4.69, 9.17) is 21.1 Å². The van der Waals surface area contributed by atoms with Crippen LogP contribution >= 0.6 is 11.6 Å². The number of ether oxygens (including phenoxy) is 2. The molecule has 116 valence electrons. The molecule has 1 aromatic rings. The lowest BCUT2D eigenvalue weighted by atomic mass is 10.1. The molecular formula is C16H22ClNO3. The van der Waals surface area contributed by atoms with Crippen LogP contribution < -0.4 is 9.47 Å². The molecule has 1 aliphatic rings. The van der Waals surface area contributed by atoms with Gasteiger partial charge in [-0.15, -0.1) is 11.6 Å². The average Bonchev–Trinajstić information content (AvgIpc) is 3.05. The average molecular weight is 312 g/mol. The number of nitrogens with zero attached hydrogens (tertiary/aromatic N) is 1. The largest absolute Gasteiger partial charge is 0.497 e. The Labute approximate surface area is 131 Å². The van der Waals surface area contributed by atoms with Gasteiger partial charge in [0.25, 0.3) is 5.91 Å². The Morgan fingerprint density at radius 3 is 2.57 bits per heavy atom. The lowest BCUT2D eigenvalue weighted by Gasteiger charge is -2.29. The highest BCUT2D eigenvalue weighted by Gasteiger charge is 2.28. The van der Waals surface area contributed by atoms with Crippen molar-refractivity contribution in [3.63, 3.8) is 0 Å². The van der Waals surface area contributed by atoms with Gasteiger partial charge in [-0.05, 0) is 25.0 Å². The topological polar surface area (TPSA) is 38.8 Å². The van der Waals surface area contributed by atoms with Gasteiger partial charge in [-0.2, -0.15) is 0 Å². The summed E-state index contributed by atoms with van der Waals surface area (Å²) in [4.78, 5) is 14.7. The van der Waals surface area contributed by atoms with E-state index in [1.807, 2.05) is 4.90 Å². The molecule has 1 aliphatic carbocycles. The SMILES string of the molecule is COc1ccc(C(=O)N(CCCl)C2CCCC2)c(OC)c1. The lowest BCUT2D eigenvalue weighted by Crippen LogP contribution is -2.40. The van der Waals surface area contributed by atoms with Crippen molar-refractivity contribution in [1.29, 1.82) is 0 Å². The summed E-state index contributed by atoms with van der Waals surface area (Å²) in [5.41, 5.74) is 0.565. The third kappa shape index (κ3) is 3.62. The number of hydrogen-bond acceptors (Lipinski definition) is 3. The second-order valence-electron chi connectivity index (χ2n) is 5.19. The van der Waals surface area contributed by atoms with Gasteiger partial charge in [-0.3, -0.25) is 4.79 Å². The van der Waals surface area contributed by atoms with E-state index in [-0.39, 0.29) is 5.91 Å². The molecule has 0 N–H and O–H groups in total. The zero-order chi connectivity index (χ0) is 15.2. The Balaban J connectivity index is 2.27. The summed E-state index contributed by atoms with van der Waals surface area (Å²) in [6.07, 6.45) is 4.47. The van der Waals surface area contributed by atoms with E-state index < -0.39 is 0 Å². The molecule has 1 amide bonds. The second-order valence-corrected chi connectivity index (χ2v) is 5.57. The van der Waals surface area contributed by atoms with Gasteiger partial charge >= 0.3 is 0 Å². The van der Waals surface area contributed by atoms with Crippen LogP contribution in [0.5, 0.6) is 11.5 Å². The van der Waals surface area contributed by atoms with Crippen LogP contribution in [0.15, 0.2) is 18.2 Å². The standard InChI is InChI=1S/C16H22ClNO3/c1-20-13-7-8-14(15(11-13)21-2)16(19)18(10-9-17)12-5-3-4-6-12/h7-8,11-12H,3-6,9-10H2,1-2H3. The van der Waals surface area contributed by atoms with Gasteiger partial charge in [0.2, 0.25) is 0 Å².